The maximum absolute atomic E-state index is 11.6. The zero-order valence-electron chi connectivity index (χ0n) is 11.5. The van der Waals surface area contributed by atoms with Crippen LogP contribution in [0.15, 0.2) is 0 Å². The zero-order chi connectivity index (χ0) is 12.7. The highest BCUT2D eigenvalue weighted by molar-refractivity contribution is 5.78. The van der Waals surface area contributed by atoms with Crippen LogP contribution < -0.4 is 10.6 Å². The molecule has 1 rings (SSSR count). The van der Waals surface area contributed by atoms with E-state index in [1.165, 1.54) is 12.8 Å². The van der Waals surface area contributed by atoms with Crippen molar-refractivity contribution in [2.75, 3.05) is 32.7 Å². The molecule has 1 saturated heterocycles. The third-order valence-corrected chi connectivity index (χ3v) is 3.21. The number of hydrogen-bond donors (Lipinski definition) is 2. The van der Waals surface area contributed by atoms with Crippen LogP contribution in [0.25, 0.3) is 0 Å². The van der Waals surface area contributed by atoms with Crippen molar-refractivity contribution in [1.82, 2.24) is 15.5 Å². The maximum atomic E-state index is 11.6. The third-order valence-electron chi connectivity index (χ3n) is 3.21. The Morgan fingerprint density at radius 2 is 2.00 bits per heavy atom. The van der Waals surface area contributed by atoms with Gasteiger partial charge in [-0.05, 0) is 58.8 Å². The van der Waals surface area contributed by atoms with E-state index in [-0.39, 0.29) is 11.9 Å². The summed E-state index contributed by atoms with van der Waals surface area (Å²) in [5.41, 5.74) is 0. The average molecular weight is 241 g/mol. The largest absolute Gasteiger partial charge is 0.353 e. The molecule has 1 aliphatic heterocycles. The van der Waals surface area contributed by atoms with Crippen LogP contribution in [-0.4, -0.2) is 49.6 Å². The van der Waals surface area contributed by atoms with E-state index in [9.17, 15) is 4.79 Å². The number of amides is 1. The lowest BCUT2D eigenvalue weighted by molar-refractivity contribution is -0.123. The standard InChI is InChI=1S/C13H27N3O/c1-4-14-9-12-5-7-16(8-6-12)10-13(17)15-11(2)3/h11-12,14H,4-10H2,1-3H3,(H,15,17). The highest BCUT2D eigenvalue weighted by atomic mass is 16.2. The van der Waals surface area contributed by atoms with E-state index < -0.39 is 0 Å². The molecule has 1 aliphatic rings. The predicted octanol–water partition coefficient (Wildman–Crippen LogP) is 0.833. The number of hydrogen-bond acceptors (Lipinski definition) is 3. The molecule has 0 spiro atoms. The van der Waals surface area contributed by atoms with Crippen LogP contribution in [0.3, 0.4) is 0 Å². The fourth-order valence-corrected chi connectivity index (χ4v) is 2.27. The molecular formula is C13H27N3O. The number of carbonyl (C=O) groups is 1. The quantitative estimate of drug-likeness (QED) is 0.724. The molecule has 0 bridgehead atoms. The Bertz CT molecular complexity index is 223. The first kappa shape index (κ1) is 14.5. The highest BCUT2D eigenvalue weighted by Gasteiger charge is 2.20. The SMILES string of the molecule is CCNCC1CCN(CC(=O)NC(C)C)CC1. The van der Waals surface area contributed by atoms with Crippen molar-refractivity contribution in [1.29, 1.82) is 0 Å². The van der Waals surface area contributed by atoms with Gasteiger partial charge in [0.1, 0.15) is 0 Å². The van der Waals surface area contributed by atoms with E-state index in [4.69, 9.17) is 0 Å². The van der Waals surface area contributed by atoms with E-state index in [0.717, 1.165) is 32.1 Å². The maximum Gasteiger partial charge on any atom is 0.234 e. The molecule has 0 aromatic carbocycles. The first-order valence-corrected chi connectivity index (χ1v) is 6.84. The number of carbonyl (C=O) groups excluding carboxylic acids is 1. The van der Waals surface area contributed by atoms with Crippen LogP contribution in [0.5, 0.6) is 0 Å². The third kappa shape index (κ3) is 6.03. The van der Waals surface area contributed by atoms with Crippen molar-refractivity contribution in [3.63, 3.8) is 0 Å². The zero-order valence-corrected chi connectivity index (χ0v) is 11.5. The molecule has 0 atom stereocenters. The summed E-state index contributed by atoms with van der Waals surface area (Å²) in [6, 6.07) is 0.244. The molecule has 4 heteroatoms. The Morgan fingerprint density at radius 3 is 2.53 bits per heavy atom. The van der Waals surface area contributed by atoms with Crippen LogP contribution in [0.2, 0.25) is 0 Å². The number of likely N-dealkylation sites (tertiary alicyclic amines) is 1. The summed E-state index contributed by atoms with van der Waals surface area (Å²) >= 11 is 0. The van der Waals surface area contributed by atoms with Gasteiger partial charge in [-0.2, -0.15) is 0 Å². The second-order valence-corrected chi connectivity index (χ2v) is 5.25. The molecule has 1 heterocycles. The van der Waals surface area contributed by atoms with Gasteiger partial charge in [0, 0.05) is 6.04 Å². The van der Waals surface area contributed by atoms with E-state index in [0.29, 0.717) is 6.54 Å². The molecule has 17 heavy (non-hydrogen) atoms. The number of piperidine rings is 1. The lowest BCUT2D eigenvalue weighted by atomic mass is 9.97. The molecule has 100 valence electrons. The Labute approximate surface area is 105 Å². The topological polar surface area (TPSA) is 44.4 Å². The smallest absolute Gasteiger partial charge is 0.234 e. The summed E-state index contributed by atoms with van der Waals surface area (Å²) < 4.78 is 0. The van der Waals surface area contributed by atoms with Crippen LogP contribution in [0.1, 0.15) is 33.6 Å². The second-order valence-electron chi connectivity index (χ2n) is 5.25. The van der Waals surface area contributed by atoms with E-state index in [1.807, 2.05) is 13.8 Å². The normalized spacial score (nSPS) is 18.6. The van der Waals surface area contributed by atoms with E-state index >= 15 is 0 Å². The molecular weight excluding hydrogens is 214 g/mol. The van der Waals surface area contributed by atoms with E-state index in [2.05, 4.69) is 22.5 Å². The van der Waals surface area contributed by atoms with Gasteiger partial charge >= 0.3 is 0 Å². The summed E-state index contributed by atoms with van der Waals surface area (Å²) in [6.07, 6.45) is 2.42. The van der Waals surface area contributed by atoms with Gasteiger partial charge in [-0.25, -0.2) is 0 Å². The average Bonchev–Trinajstić information content (AvgIpc) is 2.27. The van der Waals surface area contributed by atoms with Gasteiger partial charge in [0.15, 0.2) is 0 Å². The van der Waals surface area contributed by atoms with Gasteiger partial charge in [-0.15, -0.1) is 0 Å². The fraction of sp³-hybridized carbons (Fsp3) is 0.923. The number of nitrogens with zero attached hydrogens (tertiary/aromatic N) is 1. The molecule has 1 amide bonds. The molecule has 0 aliphatic carbocycles. The van der Waals surface area contributed by atoms with E-state index in [1.54, 1.807) is 0 Å². The number of rotatable bonds is 6. The van der Waals surface area contributed by atoms with Gasteiger partial charge in [0.25, 0.3) is 0 Å². The van der Waals surface area contributed by atoms with Crippen molar-refractivity contribution in [3.8, 4) is 0 Å². The Morgan fingerprint density at radius 1 is 1.35 bits per heavy atom. The molecule has 0 unspecified atom stereocenters. The fourth-order valence-electron chi connectivity index (χ4n) is 2.27. The lowest BCUT2D eigenvalue weighted by Gasteiger charge is -2.31. The predicted molar refractivity (Wildman–Crippen MR) is 71.0 cm³/mol. The van der Waals surface area contributed by atoms with Gasteiger partial charge in [0.2, 0.25) is 5.91 Å². The molecule has 0 radical (unpaired) electrons. The molecule has 1 fully saturated rings. The summed E-state index contributed by atoms with van der Waals surface area (Å²) in [5.74, 6) is 0.949. The van der Waals surface area contributed by atoms with Crippen LogP contribution in [0.4, 0.5) is 0 Å². The van der Waals surface area contributed by atoms with Crippen LogP contribution >= 0.6 is 0 Å². The van der Waals surface area contributed by atoms with Crippen molar-refractivity contribution in [3.05, 3.63) is 0 Å². The van der Waals surface area contributed by atoms with Crippen LogP contribution in [0, 0.1) is 5.92 Å². The Hall–Kier alpha value is -0.610. The summed E-state index contributed by atoms with van der Waals surface area (Å²) in [5, 5.41) is 6.34. The van der Waals surface area contributed by atoms with Crippen molar-refractivity contribution < 1.29 is 4.79 Å². The minimum atomic E-state index is 0.158. The van der Waals surface area contributed by atoms with Crippen molar-refractivity contribution in [2.24, 2.45) is 5.92 Å². The summed E-state index contributed by atoms with van der Waals surface area (Å²) in [7, 11) is 0. The second kappa shape index (κ2) is 7.67. The molecule has 4 nitrogen and oxygen atoms in total. The minimum Gasteiger partial charge on any atom is -0.353 e. The van der Waals surface area contributed by atoms with Gasteiger partial charge in [0.05, 0.1) is 6.54 Å². The van der Waals surface area contributed by atoms with Crippen molar-refractivity contribution in [2.45, 2.75) is 39.7 Å². The molecule has 0 aromatic heterocycles. The van der Waals surface area contributed by atoms with Crippen LogP contribution in [-0.2, 0) is 4.79 Å². The summed E-state index contributed by atoms with van der Waals surface area (Å²) in [6.45, 7) is 11.0. The van der Waals surface area contributed by atoms with Crippen molar-refractivity contribution >= 4 is 5.91 Å². The first-order valence-electron chi connectivity index (χ1n) is 6.84. The van der Waals surface area contributed by atoms with Gasteiger partial charge in [-0.3, -0.25) is 9.69 Å². The highest BCUT2D eigenvalue weighted by Crippen LogP contribution is 2.15. The minimum absolute atomic E-state index is 0.158. The molecule has 0 aromatic rings. The summed E-state index contributed by atoms with van der Waals surface area (Å²) in [4.78, 5) is 13.9. The first-order chi connectivity index (χ1) is 8.11. The monoisotopic (exact) mass is 241 g/mol. The van der Waals surface area contributed by atoms with Gasteiger partial charge < -0.3 is 10.6 Å². The number of nitrogens with one attached hydrogen (secondary N) is 2. The Balaban J connectivity index is 2.16. The lowest BCUT2D eigenvalue weighted by Crippen LogP contribution is -2.44. The Kier molecular flexibility index (Phi) is 6.52. The molecule has 0 saturated carbocycles. The molecule has 2 N–H and O–H groups in total. The van der Waals surface area contributed by atoms with Gasteiger partial charge in [-0.1, -0.05) is 6.92 Å².